The molecule has 0 fully saturated rings. The number of aromatic nitrogens is 1. The van der Waals surface area contributed by atoms with Crippen molar-refractivity contribution in [2.24, 2.45) is 0 Å². The Hall–Kier alpha value is -2.19. The highest BCUT2D eigenvalue weighted by molar-refractivity contribution is 14.1. The number of hydrogen-bond acceptors (Lipinski definition) is 3. The molecule has 0 bridgehead atoms. The van der Waals surface area contributed by atoms with Crippen molar-refractivity contribution in [2.75, 3.05) is 6.54 Å². The van der Waals surface area contributed by atoms with Crippen LogP contribution in [0.2, 0.25) is 5.15 Å². The number of carbonyl (C=O) groups is 2. The Morgan fingerprint density at radius 1 is 1.12 bits per heavy atom. The highest BCUT2D eigenvalue weighted by Crippen LogP contribution is 2.37. The third kappa shape index (κ3) is 3.59. The summed E-state index contributed by atoms with van der Waals surface area (Å²) in [5, 5.41) is 12.9. The molecule has 0 saturated heterocycles. The van der Waals surface area contributed by atoms with E-state index in [9.17, 15) is 9.59 Å². The van der Waals surface area contributed by atoms with Crippen LogP contribution >= 0.6 is 34.2 Å². The van der Waals surface area contributed by atoms with Gasteiger partial charge in [0.15, 0.2) is 0 Å². The maximum atomic E-state index is 12.6. The lowest BCUT2D eigenvalue weighted by molar-refractivity contribution is -0.135. The summed E-state index contributed by atoms with van der Waals surface area (Å²) in [6.45, 7) is -0.490. The minimum absolute atomic E-state index is 0.106. The number of carboxylic acid groups (broad SMARTS) is 1. The van der Waals surface area contributed by atoms with Gasteiger partial charge in [-0.05, 0) is 34.2 Å². The fourth-order valence-electron chi connectivity index (χ4n) is 2.57. The number of carbonyl (C=O) groups excluding carboxylic acids is 1. The van der Waals surface area contributed by atoms with Crippen molar-refractivity contribution in [1.29, 1.82) is 0 Å². The molecule has 0 aliphatic heterocycles. The third-order valence-electron chi connectivity index (χ3n) is 3.61. The van der Waals surface area contributed by atoms with E-state index in [2.05, 4.69) is 32.9 Å². The average Bonchev–Trinajstić information content (AvgIpc) is 2.61. The Morgan fingerprint density at radius 3 is 2.52 bits per heavy atom. The van der Waals surface area contributed by atoms with Crippen molar-refractivity contribution in [3.05, 3.63) is 62.9 Å². The molecule has 0 aliphatic rings. The van der Waals surface area contributed by atoms with Gasteiger partial charge < -0.3 is 10.4 Å². The normalized spacial score (nSPS) is 10.6. The summed E-state index contributed by atoms with van der Waals surface area (Å²) in [4.78, 5) is 27.6. The van der Waals surface area contributed by atoms with Crippen molar-refractivity contribution in [2.45, 2.75) is 0 Å². The van der Waals surface area contributed by atoms with Gasteiger partial charge in [0.05, 0.1) is 0 Å². The quantitative estimate of drug-likeness (QED) is 0.450. The molecule has 0 spiro atoms. The molecule has 0 unspecified atom stereocenters. The van der Waals surface area contributed by atoms with Crippen LogP contribution < -0.4 is 5.32 Å². The van der Waals surface area contributed by atoms with E-state index in [1.54, 1.807) is 0 Å². The van der Waals surface area contributed by atoms with Crippen LogP contribution in [0.4, 0.5) is 0 Å². The molecule has 0 saturated carbocycles. The van der Waals surface area contributed by atoms with Crippen LogP contribution in [0.25, 0.3) is 21.9 Å². The molecule has 1 amide bonds. The lowest BCUT2D eigenvalue weighted by Gasteiger charge is -2.15. The Bertz CT molecular complexity index is 977. The number of hydrogen-bond donors (Lipinski definition) is 2. The summed E-state index contributed by atoms with van der Waals surface area (Å²) in [6.07, 6.45) is 0. The Morgan fingerprint density at radius 2 is 1.84 bits per heavy atom. The summed E-state index contributed by atoms with van der Waals surface area (Å²) in [5.74, 6) is -1.71. The molecule has 0 aliphatic carbocycles. The molecule has 1 heterocycles. The SMILES string of the molecule is O=C(O)CNC(=O)c1nc(Cl)c2cccc(I)c2c1-c1ccccc1. The first-order valence-electron chi connectivity index (χ1n) is 7.32. The van der Waals surface area contributed by atoms with Gasteiger partial charge in [-0.2, -0.15) is 0 Å². The minimum Gasteiger partial charge on any atom is -0.480 e. The standard InChI is InChI=1S/C18H12ClIN2O3/c19-17-11-7-4-8-12(20)15(11)14(10-5-2-1-3-6-10)16(22-17)18(25)21-9-13(23)24/h1-8H,9H2,(H,21,25)(H,23,24). The number of amides is 1. The van der Waals surface area contributed by atoms with Crippen LogP contribution in [0.15, 0.2) is 48.5 Å². The molecule has 0 atom stereocenters. The maximum Gasteiger partial charge on any atom is 0.322 e. The van der Waals surface area contributed by atoms with Crippen LogP contribution in [-0.2, 0) is 4.79 Å². The molecule has 5 nitrogen and oxygen atoms in total. The molecule has 1 aromatic heterocycles. The van der Waals surface area contributed by atoms with Crippen LogP contribution in [0.5, 0.6) is 0 Å². The molecular formula is C18H12ClIN2O3. The van der Waals surface area contributed by atoms with Gasteiger partial charge in [0, 0.05) is 19.9 Å². The van der Waals surface area contributed by atoms with Gasteiger partial charge in [-0.1, -0.05) is 54.1 Å². The van der Waals surface area contributed by atoms with E-state index < -0.39 is 18.4 Å². The molecule has 0 radical (unpaired) electrons. The number of rotatable bonds is 4. The van der Waals surface area contributed by atoms with Crippen molar-refractivity contribution in [3.63, 3.8) is 0 Å². The van der Waals surface area contributed by atoms with Gasteiger partial charge in [-0.15, -0.1) is 0 Å². The summed E-state index contributed by atoms with van der Waals surface area (Å²) >= 11 is 8.48. The lowest BCUT2D eigenvalue weighted by atomic mass is 9.97. The van der Waals surface area contributed by atoms with E-state index in [0.29, 0.717) is 5.56 Å². The van der Waals surface area contributed by atoms with Crippen LogP contribution in [-0.4, -0.2) is 28.5 Å². The van der Waals surface area contributed by atoms with Gasteiger partial charge in [0.25, 0.3) is 5.91 Å². The van der Waals surface area contributed by atoms with Crippen LogP contribution in [0.3, 0.4) is 0 Å². The summed E-state index contributed by atoms with van der Waals surface area (Å²) in [5.41, 5.74) is 1.54. The van der Waals surface area contributed by atoms with E-state index in [-0.39, 0.29) is 10.8 Å². The molecule has 3 rings (SSSR count). The molecule has 3 aromatic rings. The zero-order chi connectivity index (χ0) is 18.0. The van der Waals surface area contributed by atoms with Gasteiger partial charge >= 0.3 is 5.97 Å². The maximum absolute atomic E-state index is 12.6. The summed E-state index contributed by atoms with van der Waals surface area (Å²) in [6, 6.07) is 15.0. The molecular weight excluding hydrogens is 455 g/mol. The monoisotopic (exact) mass is 466 g/mol. The predicted molar refractivity (Wildman–Crippen MR) is 105 cm³/mol. The highest BCUT2D eigenvalue weighted by Gasteiger charge is 2.21. The smallest absolute Gasteiger partial charge is 0.322 e. The number of nitrogens with zero attached hydrogens (tertiary/aromatic N) is 1. The Balaban J connectivity index is 2.31. The first kappa shape index (κ1) is 17.6. The number of benzene rings is 2. The molecule has 126 valence electrons. The number of fused-ring (bicyclic) bond motifs is 1. The number of aliphatic carboxylic acids is 1. The third-order valence-corrected chi connectivity index (χ3v) is 4.80. The minimum atomic E-state index is -1.13. The van der Waals surface area contributed by atoms with Crippen LogP contribution in [0, 0.1) is 3.57 Å². The van der Waals surface area contributed by atoms with Crippen molar-refractivity contribution < 1.29 is 14.7 Å². The summed E-state index contributed by atoms with van der Waals surface area (Å²) in [7, 11) is 0. The Kier molecular flexibility index (Phi) is 5.19. The first-order chi connectivity index (χ1) is 12.0. The molecule has 7 heteroatoms. The van der Waals surface area contributed by atoms with E-state index in [0.717, 1.165) is 19.9 Å². The van der Waals surface area contributed by atoms with Crippen molar-refractivity contribution >= 4 is 56.8 Å². The number of nitrogens with one attached hydrogen (secondary N) is 1. The Labute approximate surface area is 162 Å². The number of pyridine rings is 1. The second-order valence-corrected chi connectivity index (χ2v) is 6.75. The fraction of sp³-hybridized carbons (Fsp3) is 0.0556. The van der Waals surface area contributed by atoms with Crippen LogP contribution in [0.1, 0.15) is 10.5 Å². The van der Waals surface area contributed by atoms with E-state index in [1.807, 2.05) is 48.5 Å². The van der Waals surface area contributed by atoms with Gasteiger partial charge in [-0.3, -0.25) is 9.59 Å². The van der Waals surface area contributed by atoms with Gasteiger partial charge in [-0.25, -0.2) is 4.98 Å². The second-order valence-electron chi connectivity index (χ2n) is 5.23. The van der Waals surface area contributed by atoms with Gasteiger partial charge in [0.2, 0.25) is 0 Å². The topological polar surface area (TPSA) is 79.3 Å². The zero-order valence-corrected chi connectivity index (χ0v) is 15.7. The zero-order valence-electron chi connectivity index (χ0n) is 12.8. The average molecular weight is 467 g/mol. The van der Waals surface area contributed by atoms with E-state index in [4.69, 9.17) is 16.7 Å². The fourth-order valence-corrected chi connectivity index (χ4v) is 3.58. The second kappa shape index (κ2) is 7.37. The number of carboxylic acids is 1. The largest absolute Gasteiger partial charge is 0.480 e. The molecule has 2 N–H and O–H groups in total. The van der Waals surface area contributed by atoms with Crippen molar-refractivity contribution in [1.82, 2.24) is 10.3 Å². The van der Waals surface area contributed by atoms with Crippen molar-refractivity contribution in [3.8, 4) is 11.1 Å². The number of halogens is 2. The first-order valence-corrected chi connectivity index (χ1v) is 8.78. The lowest BCUT2D eigenvalue weighted by Crippen LogP contribution is -2.30. The highest BCUT2D eigenvalue weighted by atomic mass is 127. The molecule has 2 aromatic carbocycles. The van der Waals surface area contributed by atoms with E-state index >= 15 is 0 Å². The molecule has 25 heavy (non-hydrogen) atoms. The summed E-state index contributed by atoms with van der Waals surface area (Å²) < 4.78 is 0.922. The van der Waals surface area contributed by atoms with Gasteiger partial charge in [0.1, 0.15) is 17.4 Å². The van der Waals surface area contributed by atoms with E-state index in [1.165, 1.54) is 0 Å². The predicted octanol–water partition coefficient (Wildman–Crippen LogP) is 3.97.